The lowest BCUT2D eigenvalue weighted by Gasteiger charge is -2.12. The Kier molecular flexibility index (Phi) is 3.98. The Morgan fingerprint density at radius 2 is 2.22 bits per heavy atom. The van der Waals surface area contributed by atoms with Gasteiger partial charge in [0.05, 0.1) is 5.39 Å². The molecular weight excluding hydrogens is 246 g/mol. The second-order valence-corrected chi connectivity index (χ2v) is 5.75. The highest BCUT2D eigenvalue weighted by molar-refractivity contribution is 7.18. The number of anilines is 2. The molecule has 4 N–H and O–H groups in total. The largest absolute Gasteiger partial charge is 0.369 e. The first-order valence-corrected chi connectivity index (χ1v) is 6.94. The molecule has 6 heteroatoms. The Bertz CT molecular complexity index is 536. The molecule has 5 nitrogen and oxygen atoms in total. The predicted octanol–water partition coefficient (Wildman–Crippen LogP) is 2.74. The van der Waals surface area contributed by atoms with Crippen molar-refractivity contribution >= 4 is 33.3 Å². The molecule has 0 aliphatic carbocycles. The molecule has 2 aromatic rings. The molecule has 0 bridgehead atoms. The fourth-order valence-corrected chi connectivity index (χ4v) is 2.54. The molecule has 2 aromatic heterocycles. The number of fused-ring (bicyclic) bond motifs is 1. The van der Waals surface area contributed by atoms with Crippen LogP contribution in [0.15, 0.2) is 6.07 Å². The van der Waals surface area contributed by atoms with Gasteiger partial charge in [-0.1, -0.05) is 20.3 Å². The molecule has 0 saturated heterocycles. The number of rotatable bonds is 5. The molecule has 0 radical (unpaired) electrons. The highest BCUT2D eigenvalue weighted by Gasteiger charge is 2.10. The number of aromatic nitrogens is 2. The van der Waals surface area contributed by atoms with Crippen LogP contribution in [0.3, 0.4) is 0 Å². The lowest BCUT2D eigenvalue weighted by molar-refractivity contribution is 0.593. The predicted molar refractivity (Wildman–Crippen MR) is 77.9 cm³/mol. The van der Waals surface area contributed by atoms with E-state index in [1.54, 1.807) is 11.3 Å². The summed E-state index contributed by atoms with van der Waals surface area (Å²) in [5.74, 6) is 7.33. The molecule has 98 valence electrons. The zero-order valence-corrected chi connectivity index (χ0v) is 11.8. The number of thiophene rings is 1. The lowest BCUT2D eigenvalue weighted by Crippen LogP contribution is -2.14. The fraction of sp³-hybridized carbons (Fsp3) is 0.500. The molecule has 0 aliphatic heterocycles. The Morgan fingerprint density at radius 1 is 1.44 bits per heavy atom. The molecule has 18 heavy (non-hydrogen) atoms. The maximum Gasteiger partial charge on any atom is 0.240 e. The quantitative estimate of drug-likeness (QED) is 0.572. The van der Waals surface area contributed by atoms with Crippen LogP contribution in [-0.2, 0) is 0 Å². The molecule has 2 rings (SSSR count). The van der Waals surface area contributed by atoms with Gasteiger partial charge in [0.15, 0.2) is 0 Å². The van der Waals surface area contributed by atoms with Gasteiger partial charge in [0.2, 0.25) is 5.95 Å². The molecule has 0 aromatic carbocycles. The van der Waals surface area contributed by atoms with Gasteiger partial charge in [-0.3, -0.25) is 5.43 Å². The molecule has 0 fully saturated rings. The summed E-state index contributed by atoms with van der Waals surface area (Å²) in [6, 6.07) is 2.11. The molecule has 1 unspecified atom stereocenters. The number of nitrogens with zero attached hydrogens (tertiary/aromatic N) is 2. The van der Waals surface area contributed by atoms with Crippen LogP contribution in [0.2, 0.25) is 0 Å². The molecule has 0 spiro atoms. The van der Waals surface area contributed by atoms with Crippen LogP contribution in [0.25, 0.3) is 10.2 Å². The summed E-state index contributed by atoms with van der Waals surface area (Å²) in [6.45, 7) is 7.37. The summed E-state index contributed by atoms with van der Waals surface area (Å²) in [7, 11) is 0. The summed E-state index contributed by atoms with van der Waals surface area (Å²) in [5.41, 5.74) is 2.51. The number of nitrogens with one attached hydrogen (secondary N) is 2. The summed E-state index contributed by atoms with van der Waals surface area (Å²) in [4.78, 5) is 10.9. The number of hydrogen-bond donors (Lipinski definition) is 3. The van der Waals surface area contributed by atoms with Gasteiger partial charge in [0, 0.05) is 11.4 Å². The Balaban J connectivity index is 2.34. The van der Waals surface area contributed by atoms with E-state index in [4.69, 9.17) is 5.84 Å². The van der Waals surface area contributed by atoms with Crippen LogP contribution in [-0.4, -0.2) is 16.5 Å². The third kappa shape index (κ3) is 2.70. The minimum Gasteiger partial charge on any atom is -0.369 e. The maximum atomic E-state index is 5.40. The molecule has 1 atom stereocenters. The van der Waals surface area contributed by atoms with Crippen molar-refractivity contribution in [2.45, 2.75) is 27.2 Å². The van der Waals surface area contributed by atoms with Crippen molar-refractivity contribution < 1.29 is 0 Å². The third-order valence-electron chi connectivity index (χ3n) is 2.96. The Hall–Kier alpha value is -1.40. The normalized spacial score (nSPS) is 12.7. The van der Waals surface area contributed by atoms with E-state index in [9.17, 15) is 0 Å². The van der Waals surface area contributed by atoms with Crippen LogP contribution in [0.4, 0.5) is 11.8 Å². The Morgan fingerprint density at radius 3 is 2.89 bits per heavy atom. The van der Waals surface area contributed by atoms with E-state index < -0.39 is 0 Å². The monoisotopic (exact) mass is 265 g/mol. The van der Waals surface area contributed by atoms with Crippen LogP contribution < -0.4 is 16.6 Å². The van der Waals surface area contributed by atoms with E-state index in [0.717, 1.165) is 29.0 Å². The zero-order chi connectivity index (χ0) is 13.1. The van der Waals surface area contributed by atoms with Crippen LogP contribution >= 0.6 is 11.3 Å². The smallest absolute Gasteiger partial charge is 0.240 e. The van der Waals surface area contributed by atoms with Gasteiger partial charge in [-0.25, -0.2) is 10.8 Å². The van der Waals surface area contributed by atoms with Crippen molar-refractivity contribution in [3.63, 3.8) is 0 Å². The minimum atomic E-state index is 0.455. The van der Waals surface area contributed by atoms with Gasteiger partial charge in [-0.05, 0) is 18.9 Å². The van der Waals surface area contributed by atoms with E-state index in [1.165, 1.54) is 4.88 Å². The minimum absolute atomic E-state index is 0.455. The molecule has 0 saturated carbocycles. The van der Waals surface area contributed by atoms with Crippen LogP contribution in [0.5, 0.6) is 0 Å². The standard InChI is InChI=1S/C12H19N5S/c1-4-7(2)6-14-10-9-5-8(3)18-11(9)16-12(15-10)17-13/h5,7H,4,6,13H2,1-3H3,(H2,14,15,16,17). The second-order valence-electron chi connectivity index (χ2n) is 4.51. The fourth-order valence-electron chi connectivity index (χ4n) is 1.66. The van der Waals surface area contributed by atoms with Crippen molar-refractivity contribution in [1.29, 1.82) is 0 Å². The van der Waals surface area contributed by atoms with Gasteiger partial charge >= 0.3 is 0 Å². The molecular formula is C12H19N5S. The van der Waals surface area contributed by atoms with Crippen molar-refractivity contribution in [2.75, 3.05) is 17.3 Å². The highest BCUT2D eigenvalue weighted by atomic mass is 32.1. The summed E-state index contributed by atoms with van der Waals surface area (Å²) < 4.78 is 0. The zero-order valence-electron chi connectivity index (χ0n) is 10.9. The van der Waals surface area contributed by atoms with E-state index >= 15 is 0 Å². The first kappa shape index (κ1) is 13.0. The maximum absolute atomic E-state index is 5.40. The lowest BCUT2D eigenvalue weighted by atomic mass is 10.1. The summed E-state index contributed by atoms with van der Waals surface area (Å²) in [6.07, 6.45) is 1.14. The van der Waals surface area contributed by atoms with Gasteiger partial charge in [-0.15, -0.1) is 11.3 Å². The van der Waals surface area contributed by atoms with Crippen LogP contribution in [0.1, 0.15) is 25.1 Å². The summed E-state index contributed by atoms with van der Waals surface area (Å²) in [5, 5.41) is 4.46. The van der Waals surface area contributed by atoms with E-state index in [2.05, 4.69) is 47.5 Å². The number of hydrogen-bond acceptors (Lipinski definition) is 6. The third-order valence-corrected chi connectivity index (χ3v) is 3.90. The average molecular weight is 265 g/mol. The summed E-state index contributed by atoms with van der Waals surface area (Å²) >= 11 is 1.65. The van der Waals surface area contributed by atoms with E-state index in [1.807, 2.05) is 0 Å². The molecule has 0 amide bonds. The van der Waals surface area contributed by atoms with Crippen molar-refractivity contribution in [3.05, 3.63) is 10.9 Å². The number of aryl methyl sites for hydroxylation is 1. The number of nitrogen functional groups attached to an aromatic ring is 1. The average Bonchev–Trinajstić information content (AvgIpc) is 2.75. The van der Waals surface area contributed by atoms with Crippen molar-refractivity contribution in [3.8, 4) is 0 Å². The second kappa shape index (κ2) is 5.49. The first-order chi connectivity index (χ1) is 8.63. The van der Waals surface area contributed by atoms with E-state index in [-0.39, 0.29) is 0 Å². The Labute approximate surface area is 111 Å². The van der Waals surface area contributed by atoms with Gasteiger partial charge < -0.3 is 5.32 Å². The van der Waals surface area contributed by atoms with Gasteiger partial charge in [0.25, 0.3) is 0 Å². The topological polar surface area (TPSA) is 75.9 Å². The SMILES string of the molecule is CCC(C)CNc1nc(NN)nc2sc(C)cc12. The van der Waals surface area contributed by atoms with Crippen molar-refractivity contribution in [2.24, 2.45) is 11.8 Å². The number of nitrogens with two attached hydrogens (primary N) is 1. The van der Waals surface area contributed by atoms with Crippen LogP contribution in [0, 0.1) is 12.8 Å². The van der Waals surface area contributed by atoms with Gasteiger partial charge in [0.1, 0.15) is 10.6 Å². The van der Waals surface area contributed by atoms with Gasteiger partial charge in [-0.2, -0.15) is 4.98 Å². The molecule has 0 aliphatic rings. The number of hydrazine groups is 1. The van der Waals surface area contributed by atoms with E-state index in [0.29, 0.717) is 11.9 Å². The van der Waals surface area contributed by atoms with Crippen molar-refractivity contribution in [1.82, 2.24) is 9.97 Å². The highest BCUT2D eigenvalue weighted by Crippen LogP contribution is 2.29. The molecule has 2 heterocycles. The first-order valence-electron chi connectivity index (χ1n) is 6.12.